The molecule has 0 aliphatic heterocycles. The maximum atomic E-state index is 11.9. The summed E-state index contributed by atoms with van der Waals surface area (Å²) in [6.45, 7) is 3.85. The standard InChI is InChI=1S/C8H10ClF3/c1-7(2)4-5(7)3-6(9)8(10,11)12/h3,5H,4H2,1-2H3/t5-/m0/s1. The molecule has 0 spiro atoms. The van der Waals surface area contributed by atoms with Gasteiger partial charge >= 0.3 is 6.18 Å². The molecule has 1 saturated carbocycles. The third-order valence-corrected chi connectivity index (χ3v) is 2.55. The number of halogens is 4. The second-order valence-electron chi connectivity index (χ2n) is 3.81. The van der Waals surface area contributed by atoms with E-state index < -0.39 is 11.2 Å². The van der Waals surface area contributed by atoms with Crippen molar-refractivity contribution in [2.45, 2.75) is 26.4 Å². The Morgan fingerprint density at radius 3 is 2.17 bits per heavy atom. The molecule has 4 heteroatoms. The minimum Gasteiger partial charge on any atom is -0.165 e. The predicted octanol–water partition coefficient (Wildman–Crippen LogP) is 3.72. The molecule has 0 aromatic carbocycles. The summed E-state index contributed by atoms with van der Waals surface area (Å²) in [4.78, 5) is 0. The Labute approximate surface area is 74.4 Å². The minimum absolute atomic E-state index is 0.00535. The van der Waals surface area contributed by atoms with Crippen LogP contribution in [0.4, 0.5) is 13.2 Å². The first-order valence-corrected chi connectivity index (χ1v) is 4.06. The fourth-order valence-corrected chi connectivity index (χ4v) is 1.22. The quantitative estimate of drug-likeness (QED) is 0.603. The molecule has 0 heterocycles. The van der Waals surface area contributed by atoms with E-state index in [2.05, 4.69) is 0 Å². The topological polar surface area (TPSA) is 0 Å². The molecule has 0 saturated heterocycles. The fourth-order valence-electron chi connectivity index (χ4n) is 1.06. The van der Waals surface area contributed by atoms with Gasteiger partial charge in [0.1, 0.15) is 5.03 Å². The molecule has 0 radical (unpaired) electrons. The lowest BCUT2D eigenvalue weighted by atomic mass is 10.1. The van der Waals surface area contributed by atoms with Crippen molar-refractivity contribution in [3.8, 4) is 0 Å². The van der Waals surface area contributed by atoms with E-state index in [0.717, 1.165) is 12.5 Å². The second kappa shape index (κ2) is 2.66. The molecule has 1 rings (SSSR count). The maximum Gasteiger partial charge on any atom is 0.426 e. The molecule has 1 atom stereocenters. The zero-order valence-electron chi connectivity index (χ0n) is 6.87. The first-order chi connectivity index (χ1) is 5.23. The average Bonchev–Trinajstić information content (AvgIpc) is 2.36. The lowest BCUT2D eigenvalue weighted by molar-refractivity contribution is -0.0848. The van der Waals surface area contributed by atoms with Crippen LogP contribution < -0.4 is 0 Å². The van der Waals surface area contributed by atoms with Crippen LogP contribution in [-0.4, -0.2) is 6.18 Å². The summed E-state index contributed by atoms with van der Waals surface area (Å²) in [6, 6.07) is 0. The molecular weight excluding hydrogens is 189 g/mol. The van der Waals surface area contributed by atoms with Crippen molar-refractivity contribution in [2.24, 2.45) is 11.3 Å². The third kappa shape index (κ3) is 2.16. The van der Waals surface area contributed by atoms with E-state index in [4.69, 9.17) is 11.6 Å². The SMILES string of the molecule is CC1(C)C[C@@H]1C=C(Cl)C(F)(F)F. The zero-order chi connectivity index (χ0) is 9.57. The van der Waals surface area contributed by atoms with E-state index in [0.29, 0.717) is 0 Å². The van der Waals surface area contributed by atoms with Gasteiger partial charge in [-0.05, 0) is 17.8 Å². The summed E-state index contributed by atoms with van der Waals surface area (Å²) in [7, 11) is 0. The van der Waals surface area contributed by atoms with Crippen LogP contribution in [0.1, 0.15) is 20.3 Å². The van der Waals surface area contributed by atoms with Gasteiger partial charge in [0.2, 0.25) is 0 Å². The van der Waals surface area contributed by atoms with Crippen molar-refractivity contribution in [1.29, 1.82) is 0 Å². The Morgan fingerprint density at radius 1 is 1.50 bits per heavy atom. The molecular formula is C8H10ClF3. The maximum absolute atomic E-state index is 11.9. The van der Waals surface area contributed by atoms with E-state index in [-0.39, 0.29) is 11.3 Å². The molecule has 70 valence electrons. The monoisotopic (exact) mass is 198 g/mol. The van der Waals surface area contributed by atoms with Crippen molar-refractivity contribution in [1.82, 2.24) is 0 Å². The first-order valence-electron chi connectivity index (χ1n) is 3.68. The molecule has 0 bridgehead atoms. The normalized spacial score (nSPS) is 28.8. The van der Waals surface area contributed by atoms with Gasteiger partial charge in [-0.15, -0.1) is 0 Å². The van der Waals surface area contributed by atoms with Crippen LogP contribution >= 0.6 is 11.6 Å². The van der Waals surface area contributed by atoms with Gasteiger partial charge in [0.05, 0.1) is 0 Å². The van der Waals surface area contributed by atoms with Gasteiger partial charge in [0.15, 0.2) is 0 Å². The Hall–Kier alpha value is -0.180. The zero-order valence-corrected chi connectivity index (χ0v) is 7.63. The predicted molar refractivity (Wildman–Crippen MR) is 41.9 cm³/mol. The lowest BCUT2D eigenvalue weighted by Gasteiger charge is -2.04. The summed E-state index contributed by atoms with van der Waals surface area (Å²) < 4.78 is 35.7. The van der Waals surface area contributed by atoms with Gasteiger partial charge in [-0.2, -0.15) is 13.2 Å². The minimum atomic E-state index is -4.37. The van der Waals surface area contributed by atoms with E-state index >= 15 is 0 Å². The van der Waals surface area contributed by atoms with Gasteiger partial charge in [-0.3, -0.25) is 0 Å². The molecule has 0 amide bonds. The van der Waals surface area contributed by atoms with Gasteiger partial charge in [-0.25, -0.2) is 0 Å². The molecule has 0 nitrogen and oxygen atoms in total. The summed E-state index contributed by atoms with van der Waals surface area (Å²) in [5, 5.41) is -0.988. The molecule has 0 aromatic heterocycles. The van der Waals surface area contributed by atoms with Crippen LogP contribution in [0.3, 0.4) is 0 Å². The molecule has 0 aromatic rings. The van der Waals surface area contributed by atoms with Gasteiger partial charge < -0.3 is 0 Å². The van der Waals surface area contributed by atoms with Gasteiger partial charge in [0.25, 0.3) is 0 Å². The highest BCUT2D eigenvalue weighted by Gasteiger charge is 2.46. The summed E-state index contributed by atoms with van der Waals surface area (Å²) in [5.74, 6) is -0.00775. The van der Waals surface area contributed by atoms with Crippen LogP contribution in [0.25, 0.3) is 0 Å². The highest BCUT2D eigenvalue weighted by Crippen LogP contribution is 2.53. The van der Waals surface area contributed by atoms with Crippen molar-refractivity contribution < 1.29 is 13.2 Å². The Kier molecular flexibility index (Phi) is 2.19. The number of rotatable bonds is 1. The molecule has 1 aliphatic carbocycles. The van der Waals surface area contributed by atoms with E-state index in [9.17, 15) is 13.2 Å². The summed E-state index contributed by atoms with van der Waals surface area (Å²) in [5.41, 5.74) is 0.00535. The van der Waals surface area contributed by atoms with Crippen LogP contribution in [0.15, 0.2) is 11.1 Å². The highest BCUT2D eigenvalue weighted by molar-refractivity contribution is 6.30. The summed E-state index contributed by atoms with van der Waals surface area (Å²) in [6.07, 6.45) is -2.47. The van der Waals surface area contributed by atoms with Gasteiger partial charge in [0, 0.05) is 0 Å². The fraction of sp³-hybridized carbons (Fsp3) is 0.750. The summed E-state index contributed by atoms with van der Waals surface area (Å²) >= 11 is 5.06. The van der Waals surface area contributed by atoms with Crippen LogP contribution in [0, 0.1) is 11.3 Å². The van der Waals surface area contributed by atoms with Crippen LogP contribution in [-0.2, 0) is 0 Å². The number of allylic oxidation sites excluding steroid dienone is 2. The molecule has 1 aliphatic rings. The lowest BCUT2D eigenvalue weighted by Crippen LogP contribution is -2.07. The van der Waals surface area contributed by atoms with E-state index in [1.807, 2.05) is 13.8 Å². The Morgan fingerprint density at radius 2 is 1.92 bits per heavy atom. The number of alkyl halides is 3. The second-order valence-corrected chi connectivity index (χ2v) is 4.22. The first kappa shape index (κ1) is 9.90. The Bertz CT molecular complexity index is 215. The van der Waals surface area contributed by atoms with Crippen LogP contribution in [0.5, 0.6) is 0 Å². The molecule has 0 N–H and O–H groups in total. The van der Waals surface area contributed by atoms with Crippen molar-refractivity contribution in [3.63, 3.8) is 0 Å². The third-order valence-electron chi connectivity index (χ3n) is 2.21. The van der Waals surface area contributed by atoms with Crippen LogP contribution in [0.2, 0.25) is 0 Å². The molecule has 1 fully saturated rings. The number of hydrogen-bond donors (Lipinski definition) is 0. The highest BCUT2D eigenvalue weighted by atomic mass is 35.5. The van der Waals surface area contributed by atoms with Crippen molar-refractivity contribution in [2.75, 3.05) is 0 Å². The van der Waals surface area contributed by atoms with Gasteiger partial charge in [-0.1, -0.05) is 31.5 Å². The average molecular weight is 199 g/mol. The van der Waals surface area contributed by atoms with Crippen molar-refractivity contribution in [3.05, 3.63) is 11.1 Å². The van der Waals surface area contributed by atoms with E-state index in [1.54, 1.807) is 0 Å². The van der Waals surface area contributed by atoms with Crippen molar-refractivity contribution >= 4 is 11.6 Å². The smallest absolute Gasteiger partial charge is 0.165 e. The van der Waals surface area contributed by atoms with E-state index in [1.165, 1.54) is 0 Å². The molecule has 12 heavy (non-hydrogen) atoms. The Balaban J connectivity index is 2.60. The number of hydrogen-bond acceptors (Lipinski definition) is 0. The molecule has 0 unspecified atom stereocenters. The largest absolute Gasteiger partial charge is 0.426 e.